The first kappa shape index (κ1) is 16.7. The third-order valence-corrected chi connectivity index (χ3v) is 5.49. The average Bonchev–Trinajstić information content (AvgIpc) is 3.29. The van der Waals surface area contributed by atoms with Gasteiger partial charge in [-0.1, -0.05) is 5.21 Å². The first-order chi connectivity index (χ1) is 12.5. The number of nitrogens with one attached hydrogen (secondary N) is 1. The number of hydrogen-bond donors (Lipinski definition) is 1. The Kier molecular flexibility index (Phi) is 4.21. The van der Waals surface area contributed by atoms with Gasteiger partial charge >= 0.3 is 0 Å². The van der Waals surface area contributed by atoms with E-state index in [1.165, 1.54) is 0 Å². The summed E-state index contributed by atoms with van der Waals surface area (Å²) in [5.74, 6) is 0.186. The molecule has 2 aliphatic rings. The first-order valence-corrected chi connectivity index (χ1v) is 8.96. The number of aromatic amines is 1. The van der Waals surface area contributed by atoms with Crippen molar-refractivity contribution in [3.05, 3.63) is 29.8 Å². The van der Waals surface area contributed by atoms with Gasteiger partial charge in [0.2, 0.25) is 5.91 Å². The Morgan fingerprint density at radius 1 is 1.23 bits per heavy atom. The minimum Gasteiger partial charge on any atom is -0.341 e. The van der Waals surface area contributed by atoms with E-state index in [-0.39, 0.29) is 17.2 Å². The molecule has 2 aromatic heterocycles. The lowest BCUT2D eigenvalue weighted by Gasteiger charge is -2.54. The molecule has 4 heterocycles. The number of aromatic nitrogens is 5. The van der Waals surface area contributed by atoms with Crippen LogP contribution in [0.3, 0.4) is 0 Å². The highest BCUT2D eigenvalue weighted by atomic mass is 16.2. The van der Waals surface area contributed by atoms with E-state index in [4.69, 9.17) is 0 Å². The molecule has 1 spiro atoms. The summed E-state index contributed by atoms with van der Waals surface area (Å²) in [5, 5.41) is 14.5. The third kappa shape index (κ3) is 3.21. The fourth-order valence-electron chi connectivity index (χ4n) is 3.89. The van der Waals surface area contributed by atoms with Crippen LogP contribution in [0.2, 0.25) is 0 Å². The minimum atomic E-state index is 0.00794. The number of nitrogens with zero attached hydrogens (tertiary/aromatic N) is 6. The Balaban J connectivity index is 1.23. The number of piperidine rings is 1. The van der Waals surface area contributed by atoms with Crippen LogP contribution in [-0.2, 0) is 18.3 Å². The molecule has 0 aliphatic carbocycles. The highest BCUT2D eigenvalue weighted by Crippen LogP contribution is 2.40. The van der Waals surface area contributed by atoms with Gasteiger partial charge in [0.15, 0.2) is 0 Å². The number of carbonyl (C=O) groups excluding carboxylic acids is 2. The maximum Gasteiger partial charge on any atom is 0.271 e. The maximum atomic E-state index is 12.4. The van der Waals surface area contributed by atoms with Crippen LogP contribution >= 0.6 is 0 Å². The number of carbonyl (C=O) groups is 2. The topological polar surface area (TPSA) is 100 Å². The van der Waals surface area contributed by atoms with Crippen molar-refractivity contribution >= 4 is 11.8 Å². The molecule has 138 valence electrons. The quantitative estimate of drug-likeness (QED) is 0.845. The molecule has 2 saturated heterocycles. The fourth-order valence-corrected chi connectivity index (χ4v) is 3.89. The monoisotopic (exact) mass is 357 g/mol. The molecule has 1 N–H and O–H groups in total. The van der Waals surface area contributed by atoms with Crippen molar-refractivity contribution in [3.63, 3.8) is 0 Å². The van der Waals surface area contributed by atoms with Crippen LogP contribution in [-0.4, -0.2) is 73.0 Å². The van der Waals surface area contributed by atoms with Crippen molar-refractivity contribution in [1.29, 1.82) is 0 Å². The predicted molar refractivity (Wildman–Crippen MR) is 92.1 cm³/mol. The molecule has 0 saturated carbocycles. The summed E-state index contributed by atoms with van der Waals surface area (Å²) >= 11 is 0. The number of likely N-dealkylation sites (tertiary alicyclic amines) is 2. The molecule has 9 heteroatoms. The standard InChI is InChI=1S/C17H23N7O2/c1-22-10-13(19-21-22)2-3-15(25)24-11-17(12-24)5-8-23(9-6-17)16(26)14-4-7-18-20-14/h4,7,10H,2-3,5-6,8-9,11-12H2,1H3,(H,18,20). The van der Waals surface area contributed by atoms with E-state index < -0.39 is 0 Å². The summed E-state index contributed by atoms with van der Waals surface area (Å²) in [6.45, 7) is 3.08. The van der Waals surface area contributed by atoms with E-state index in [2.05, 4.69) is 20.5 Å². The number of hydrogen-bond acceptors (Lipinski definition) is 5. The Bertz CT molecular complexity index is 782. The highest BCUT2D eigenvalue weighted by molar-refractivity contribution is 5.92. The Labute approximate surface area is 151 Å². The van der Waals surface area contributed by atoms with Gasteiger partial charge in [-0.15, -0.1) is 5.10 Å². The van der Waals surface area contributed by atoms with Crippen LogP contribution in [0, 0.1) is 5.41 Å². The Hall–Kier alpha value is -2.71. The first-order valence-electron chi connectivity index (χ1n) is 8.96. The van der Waals surface area contributed by atoms with Gasteiger partial charge in [-0.25, -0.2) is 0 Å². The van der Waals surface area contributed by atoms with Crippen molar-refractivity contribution in [2.24, 2.45) is 12.5 Å². The van der Waals surface area contributed by atoms with Gasteiger partial charge in [0.1, 0.15) is 5.69 Å². The molecule has 0 atom stereocenters. The molecule has 0 radical (unpaired) electrons. The molecule has 2 amide bonds. The van der Waals surface area contributed by atoms with Gasteiger partial charge < -0.3 is 9.80 Å². The van der Waals surface area contributed by atoms with E-state index in [1.54, 1.807) is 16.9 Å². The number of H-pyrrole nitrogens is 1. The second kappa shape index (κ2) is 6.54. The Morgan fingerprint density at radius 2 is 2.00 bits per heavy atom. The molecule has 4 rings (SSSR count). The molecule has 26 heavy (non-hydrogen) atoms. The lowest BCUT2D eigenvalue weighted by atomic mass is 9.72. The zero-order valence-electron chi connectivity index (χ0n) is 14.9. The summed E-state index contributed by atoms with van der Waals surface area (Å²) in [6, 6.07) is 1.70. The lowest BCUT2D eigenvalue weighted by molar-refractivity contribution is -0.146. The molecule has 0 bridgehead atoms. The van der Waals surface area contributed by atoms with E-state index in [1.807, 2.05) is 23.0 Å². The van der Waals surface area contributed by atoms with Gasteiger partial charge in [0, 0.05) is 63.9 Å². The molecular formula is C17H23N7O2. The second-order valence-electron chi connectivity index (χ2n) is 7.40. The van der Waals surface area contributed by atoms with E-state index in [0.717, 1.165) is 44.7 Å². The van der Waals surface area contributed by atoms with Gasteiger partial charge in [-0.05, 0) is 18.9 Å². The number of aryl methyl sites for hydroxylation is 2. The summed E-state index contributed by atoms with van der Waals surface area (Å²) < 4.78 is 1.65. The van der Waals surface area contributed by atoms with E-state index in [9.17, 15) is 9.59 Å². The van der Waals surface area contributed by atoms with Gasteiger partial charge in [-0.3, -0.25) is 19.4 Å². The molecule has 9 nitrogen and oxygen atoms in total. The summed E-state index contributed by atoms with van der Waals surface area (Å²) in [7, 11) is 1.82. The van der Waals surface area contributed by atoms with Crippen LogP contribution < -0.4 is 0 Å². The van der Waals surface area contributed by atoms with E-state index in [0.29, 0.717) is 18.5 Å². The van der Waals surface area contributed by atoms with Crippen LogP contribution in [0.1, 0.15) is 35.4 Å². The zero-order chi connectivity index (χ0) is 18.1. The normalized spacial score (nSPS) is 18.8. The van der Waals surface area contributed by atoms with Crippen molar-refractivity contribution < 1.29 is 9.59 Å². The molecular weight excluding hydrogens is 334 g/mol. The third-order valence-electron chi connectivity index (χ3n) is 5.49. The van der Waals surface area contributed by atoms with Crippen LogP contribution in [0.25, 0.3) is 0 Å². The highest BCUT2D eigenvalue weighted by Gasteiger charge is 2.47. The van der Waals surface area contributed by atoms with E-state index >= 15 is 0 Å². The van der Waals surface area contributed by atoms with Crippen molar-refractivity contribution in [2.45, 2.75) is 25.7 Å². The van der Waals surface area contributed by atoms with Crippen molar-refractivity contribution in [2.75, 3.05) is 26.2 Å². The van der Waals surface area contributed by atoms with Crippen LogP contribution in [0.15, 0.2) is 18.5 Å². The SMILES string of the molecule is Cn1cc(CCC(=O)N2CC3(CCN(C(=O)c4ccn[nH]4)CC3)C2)nn1. The van der Waals surface area contributed by atoms with Crippen LogP contribution in [0.4, 0.5) is 0 Å². The van der Waals surface area contributed by atoms with Gasteiger partial charge in [0.25, 0.3) is 5.91 Å². The largest absolute Gasteiger partial charge is 0.341 e. The lowest BCUT2D eigenvalue weighted by Crippen LogP contribution is -2.62. The smallest absolute Gasteiger partial charge is 0.271 e. The van der Waals surface area contributed by atoms with Crippen molar-refractivity contribution in [3.8, 4) is 0 Å². The van der Waals surface area contributed by atoms with Crippen molar-refractivity contribution in [1.82, 2.24) is 35.0 Å². The zero-order valence-corrected chi connectivity index (χ0v) is 14.9. The molecule has 0 aromatic carbocycles. The number of rotatable bonds is 4. The fraction of sp³-hybridized carbons (Fsp3) is 0.588. The molecule has 2 aromatic rings. The predicted octanol–water partition coefficient (Wildman–Crippen LogP) is 0.236. The molecule has 2 aliphatic heterocycles. The number of amides is 2. The van der Waals surface area contributed by atoms with Crippen LogP contribution in [0.5, 0.6) is 0 Å². The summed E-state index contributed by atoms with van der Waals surface area (Å²) in [6.07, 6.45) is 6.43. The maximum absolute atomic E-state index is 12.4. The van der Waals surface area contributed by atoms with Gasteiger partial charge in [0.05, 0.1) is 5.69 Å². The molecule has 2 fully saturated rings. The summed E-state index contributed by atoms with van der Waals surface area (Å²) in [4.78, 5) is 28.5. The van der Waals surface area contributed by atoms with Gasteiger partial charge in [-0.2, -0.15) is 5.10 Å². The molecule has 0 unspecified atom stereocenters. The second-order valence-corrected chi connectivity index (χ2v) is 7.40. The average molecular weight is 357 g/mol. The minimum absolute atomic E-state index is 0.00794. The summed E-state index contributed by atoms with van der Waals surface area (Å²) in [5.41, 5.74) is 1.57. The Morgan fingerprint density at radius 3 is 2.62 bits per heavy atom.